The van der Waals surface area contributed by atoms with Gasteiger partial charge in [0.2, 0.25) is 5.55 Å². The van der Waals surface area contributed by atoms with Gasteiger partial charge in [-0.1, -0.05) is 12.1 Å². The second kappa shape index (κ2) is 7.67. The van der Waals surface area contributed by atoms with Crippen LogP contribution in [0.2, 0.25) is 0 Å². The van der Waals surface area contributed by atoms with Crippen LogP contribution in [-0.2, 0) is 6.54 Å². The average Bonchev–Trinajstić information content (AvgIpc) is 3.22. The maximum atomic E-state index is 12.9. The summed E-state index contributed by atoms with van der Waals surface area (Å²) in [4.78, 5) is 17.5. The standard InChI is InChI=1S/C23H20N2O4/c1-14-5-6-15(2)20(10-14)25-23-19(22(27)24-13-18-4-3-9-28-18)11-16-7-8-17(26)12-21(16)29-23/h3-12,26H,13H2,1-2H3,(H,24,27). The van der Waals surface area contributed by atoms with Crippen molar-refractivity contribution in [3.8, 4) is 5.75 Å². The summed E-state index contributed by atoms with van der Waals surface area (Å²) >= 11 is 0. The first-order valence-corrected chi connectivity index (χ1v) is 9.19. The SMILES string of the molecule is Cc1ccc(C)c(N=c2oc3cc(O)ccc3cc2C(=O)NCc2ccco2)c1. The zero-order valence-corrected chi connectivity index (χ0v) is 16.1. The first kappa shape index (κ1) is 18.6. The maximum absolute atomic E-state index is 12.9. The Morgan fingerprint density at radius 2 is 1.97 bits per heavy atom. The normalized spacial score (nSPS) is 11.7. The molecule has 0 atom stereocenters. The lowest BCUT2D eigenvalue weighted by atomic mass is 10.1. The molecule has 4 aromatic rings. The van der Waals surface area contributed by atoms with E-state index in [0.717, 1.165) is 11.1 Å². The van der Waals surface area contributed by atoms with E-state index in [-0.39, 0.29) is 23.8 Å². The van der Waals surface area contributed by atoms with Crippen molar-refractivity contribution in [3.63, 3.8) is 0 Å². The lowest BCUT2D eigenvalue weighted by molar-refractivity contribution is 0.0944. The number of phenols is 1. The summed E-state index contributed by atoms with van der Waals surface area (Å²) in [5.41, 5.74) is 3.65. The van der Waals surface area contributed by atoms with Gasteiger partial charge in [0, 0.05) is 11.5 Å². The van der Waals surface area contributed by atoms with Crippen LogP contribution >= 0.6 is 0 Å². The van der Waals surface area contributed by atoms with Crippen LogP contribution in [0.1, 0.15) is 27.2 Å². The molecule has 0 aliphatic heterocycles. The van der Waals surface area contributed by atoms with E-state index in [9.17, 15) is 9.90 Å². The molecule has 29 heavy (non-hydrogen) atoms. The second-order valence-electron chi connectivity index (χ2n) is 6.85. The van der Waals surface area contributed by atoms with Gasteiger partial charge in [-0.3, -0.25) is 4.79 Å². The van der Waals surface area contributed by atoms with Crippen molar-refractivity contribution in [2.45, 2.75) is 20.4 Å². The molecule has 0 radical (unpaired) electrons. The van der Waals surface area contributed by atoms with Gasteiger partial charge in [0.15, 0.2) is 0 Å². The summed E-state index contributed by atoms with van der Waals surface area (Å²) in [6.07, 6.45) is 1.56. The third-order valence-corrected chi connectivity index (χ3v) is 4.57. The Labute approximate surface area is 167 Å². The molecule has 2 N–H and O–H groups in total. The van der Waals surface area contributed by atoms with E-state index in [1.54, 1.807) is 36.6 Å². The van der Waals surface area contributed by atoms with Crippen molar-refractivity contribution in [1.29, 1.82) is 0 Å². The van der Waals surface area contributed by atoms with E-state index in [2.05, 4.69) is 10.3 Å². The fourth-order valence-electron chi connectivity index (χ4n) is 2.98. The molecule has 0 unspecified atom stereocenters. The Bertz CT molecular complexity index is 1250. The zero-order valence-electron chi connectivity index (χ0n) is 16.1. The number of nitrogens with one attached hydrogen (secondary N) is 1. The maximum Gasteiger partial charge on any atom is 0.257 e. The highest BCUT2D eigenvalue weighted by molar-refractivity contribution is 5.96. The average molecular weight is 388 g/mol. The van der Waals surface area contributed by atoms with Gasteiger partial charge < -0.3 is 19.3 Å². The minimum absolute atomic E-state index is 0.0777. The molecular weight excluding hydrogens is 368 g/mol. The molecule has 2 heterocycles. The van der Waals surface area contributed by atoms with Crippen molar-refractivity contribution in [1.82, 2.24) is 5.32 Å². The molecule has 0 aliphatic carbocycles. The molecule has 0 spiro atoms. The van der Waals surface area contributed by atoms with Gasteiger partial charge in [0.05, 0.1) is 18.5 Å². The second-order valence-corrected chi connectivity index (χ2v) is 6.85. The van der Waals surface area contributed by atoms with Gasteiger partial charge in [-0.25, -0.2) is 4.99 Å². The van der Waals surface area contributed by atoms with Crippen molar-refractivity contribution in [3.05, 3.63) is 88.9 Å². The highest BCUT2D eigenvalue weighted by Crippen LogP contribution is 2.22. The predicted molar refractivity (Wildman–Crippen MR) is 109 cm³/mol. The number of hydrogen-bond donors (Lipinski definition) is 2. The van der Waals surface area contributed by atoms with Crippen molar-refractivity contribution < 1.29 is 18.7 Å². The third kappa shape index (κ3) is 4.06. The summed E-state index contributed by atoms with van der Waals surface area (Å²) in [6.45, 7) is 4.18. The molecule has 6 nitrogen and oxygen atoms in total. The van der Waals surface area contributed by atoms with E-state index in [0.29, 0.717) is 28.0 Å². The monoisotopic (exact) mass is 388 g/mol. The van der Waals surface area contributed by atoms with Crippen LogP contribution in [0.4, 0.5) is 5.69 Å². The molecule has 2 aromatic heterocycles. The smallest absolute Gasteiger partial charge is 0.257 e. The summed E-state index contributed by atoms with van der Waals surface area (Å²) in [5.74, 6) is 0.396. The number of phenolic OH excluding ortho intramolecular Hbond substituents is 1. The first-order valence-electron chi connectivity index (χ1n) is 9.19. The molecule has 0 aliphatic rings. The Balaban J connectivity index is 1.83. The highest BCUT2D eigenvalue weighted by atomic mass is 16.3. The Morgan fingerprint density at radius 3 is 2.76 bits per heavy atom. The van der Waals surface area contributed by atoms with Crippen molar-refractivity contribution >= 4 is 22.6 Å². The number of carbonyl (C=O) groups excluding carboxylic acids is 1. The van der Waals surface area contributed by atoms with Gasteiger partial charge in [0.1, 0.15) is 22.7 Å². The number of rotatable bonds is 4. The quantitative estimate of drug-likeness (QED) is 0.538. The third-order valence-electron chi connectivity index (χ3n) is 4.57. The number of carbonyl (C=O) groups is 1. The van der Waals surface area contributed by atoms with Crippen LogP contribution in [0.25, 0.3) is 11.0 Å². The van der Waals surface area contributed by atoms with E-state index in [1.807, 2.05) is 32.0 Å². The molecule has 0 saturated heterocycles. The Hall–Kier alpha value is -3.80. The van der Waals surface area contributed by atoms with Gasteiger partial charge in [-0.2, -0.15) is 0 Å². The molecule has 1 amide bonds. The van der Waals surface area contributed by atoms with Crippen LogP contribution in [0.3, 0.4) is 0 Å². The van der Waals surface area contributed by atoms with Crippen LogP contribution in [0.5, 0.6) is 5.75 Å². The number of benzene rings is 2. The summed E-state index contributed by atoms with van der Waals surface area (Å²) in [7, 11) is 0. The summed E-state index contributed by atoms with van der Waals surface area (Å²) in [5, 5.41) is 13.3. The number of aryl methyl sites for hydroxylation is 2. The fraction of sp³-hybridized carbons (Fsp3) is 0.130. The minimum atomic E-state index is -0.329. The molecular formula is C23H20N2O4. The van der Waals surface area contributed by atoms with E-state index >= 15 is 0 Å². The molecule has 0 fully saturated rings. The number of hydrogen-bond acceptors (Lipinski definition) is 5. The Morgan fingerprint density at radius 1 is 1.10 bits per heavy atom. The fourth-order valence-corrected chi connectivity index (χ4v) is 2.98. The molecule has 6 heteroatoms. The largest absolute Gasteiger partial charge is 0.508 e. The number of furan rings is 1. The Kier molecular flexibility index (Phi) is 4.91. The molecule has 0 bridgehead atoms. The van der Waals surface area contributed by atoms with Crippen LogP contribution < -0.4 is 10.9 Å². The van der Waals surface area contributed by atoms with Gasteiger partial charge in [-0.15, -0.1) is 0 Å². The lowest BCUT2D eigenvalue weighted by Gasteiger charge is -2.07. The number of amides is 1. The number of nitrogens with zero attached hydrogens (tertiary/aromatic N) is 1. The van der Waals surface area contributed by atoms with Crippen molar-refractivity contribution in [2.75, 3.05) is 0 Å². The molecule has 4 rings (SSSR count). The van der Waals surface area contributed by atoms with Crippen LogP contribution in [0, 0.1) is 13.8 Å². The van der Waals surface area contributed by atoms with Gasteiger partial charge >= 0.3 is 0 Å². The van der Waals surface area contributed by atoms with Gasteiger partial charge in [0.25, 0.3) is 5.91 Å². The molecule has 146 valence electrons. The van der Waals surface area contributed by atoms with Crippen LogP contribution in [0.15, 0.2) is 74.7 Å². The van der Waals surface area contributed by atoms with E-state index in [4.69, 9.17) is 8.83 Å². The number of aromatic hydroxyl groups is 1. The minimum Gasteiger partial charge on any atom is -0.508 e. The zero-order chi connectivity index (χ0) is 20.4. The predicted octanol–water partition coefficient (Wildman–Crippen LogP) is 4.51. The van der Waals surface area contributed by atoms with E-state index in [1.165, 1.54) is 6.07 Å². The first-order chi connectivity index (χ1) is 14.0. The molecule has 2 aromatic carbocycles. The number of fused-ring (bicyclic) bond motifs is 1. The van der Waals surface area contributed by atoms with Crippen LogP contribution in [-0.4, -0.2) is 11.0 Å². The van der Waals surface area contributed by atoms with Crippen molar-refractivity contribution in [2.24, 2.45) is 4.99 Å². The van der Waals surface area contributed by atoms with Gasteiger partial charge in [-0.05, 0) is 61.4 Å². The van der Waals surface area contributed by atoms with E-state index < -0.39 is 0 Å². The lowest BCUT2D eigenvalue weighted by Crippen LogP contribution is -2.28. The summed E-state index contributed by atoms with van der Waals surface area (Å²) < 4.78 is 11.2. The summed E-state index contributed by atoms with van der Waals surface area (Å²) in [6, 6.07) is 15.9. The highest BCUT2D eigenvalue weighted by Gasteiger charge is 2.14. The molecule has 0 saturated carbocycles. The topological polar surface area (TPSA) is 88.0 Å².